The summed E-state index contributed by atoms with van der Waals surface area (Å²) in [5, 5.41) is 0.707. The normalized spacial score (nSPS) is 10.5. The summed E-state index contributed by atoms with van der Waals surface area (Å²) >= 11 is 11.9. The molecule has 0 atom stereocenters. The topological polar surface area (TPSA) is 64.4 Å². The Morgan fingerprint density at radius 1 is 1.24 bits per heavy atom. The Bertz CT molecular complexity index is 720. The van der Waals surface area contributed by atoms with E-state index < -0.39 is 0 Å². The highest BCUT2D eigenvalue weighted by atomic mass is 35.5. The molecule has 0 bridgehead atoms. The van der Waals surface area contributed by atoms with Crippen LogP contribution < -0.4 is 0 Å². The monoisotopic (exact) mass is 383 g/mol. The molecule has 1 aromatic heterocycles. The molecule has 2 aromatic rings. The van der Waals surface area contributed by atoms with Gasteiger partial charge in [0.15, 0.2) is 0 Å². The van der Waals surface area contributed by atoms with Gasteiger partial charge in [-0.05, 0) is 24.6 Å². The van der Waals surface area contributed by atoms with Crippen molar-refractivity contribution in [1.82, 2.24) is 14.5 Å². The first-order chi connectivity index (χ1) is 12.0. The zero-order valence-corrected chi connectivity index (χ0v) is 15.3. The second-order valence-electron chi connectivity index (χ2n) is 5.40. The fraction of sp³-hybridized carbons (Fsp3) is 0.353. The summed E-state index contributed by atoms with van der Waals surface area (Å²) < 4.78 is 6.59. The van der Waals surface area contributed by atoms with E-state index in [0.717, 1.165) is 13.0 Å². The van der Waals surface area contributed by atoms with Gasteiger partial charge in [0.2, 0.25) is 0 Å². The molecule has 6 nitrogen and oxygen atoms in total. The number of imidazole rings is 1. The van der Waals surface area contributed by atoms with Crippen LogP contribution in [0.15, 0.2) is 36.9 Å². The van der Waals surface area contributed by atoms with Gasteiger partial charge in [-0.2, -0.15) is 0 Å². The van der Waals surface area contributed by atoms with Gasteiger partial charge in [0.25, 0.3) is 5.91 Å². The number of aryl methyl sites for hydroxylation is 1. The van der Waals surface area contributed by atoms with Crippen molar-refractivity contribution in [3.8, 4) is 0 Å². The fourth-order valence-electron chi connectivity index (χ4n) is 2.32. The van der Waals surface area contributed by atoms with Crippen LogP contribution in [0.25, 0.3) is 0 Å². The lowest BCUT2D eigenvalue weighted by molar-refractivity contribution is -0.140. The van der Waals surface area contributed by atoms with Crippen LogP contribution in [0.5, 0.6) is 0 Å². The van der Waals surface area contributed by atoms with Gasteiger partial charge in [0.05, 0.1) is 29.9 Å². The van der Waals surface area contributed by atoms with E-state index in [9.17, 15) is 9.59 Å². The number of carbonyl (C=O) groups is 2. The first-order valence-corrected chi connectivity index (χ1v) is 8.53. The van der Waals surface area contributed by atoms with Gasteiger partial charge in [-0.15, -0.1) is 0 Å². The number of hydrogen-bond donors (Lipinski definition) is 0. The van der Waals surface area contributed by atoms with E-state index in [0.29, 0.717) is 22.2 Å². The molecular formula is C17H19Cl2N3O3. The number of benzene rings is 1. The molecule has 2 rings (SSSR count). The van der Waals surface area contributed by atoms with Crippen molar-refractivity contribution in [2.45, 2.75) is 19.4 Å². The van der Waals surface area contributed by atoms with Gasteiger partial charge in [0.1, 0.15) is 0 Å². The van der Waals surface area contributed by atoms with Gasteiger partial charge in [-0.25, -0.2) is 4.98 Å². The van der Waals surface area contributed by atoms with Crippen LogP contribution in [-0.4, -0.2) is 46.5 Å². The highest BCUT2D eigenvalue weighted by molar-refractivity contribution is 6.42. The number of methoxy groups -OCH3 is 1. The summed E-state index contributed by atoms with van der Waals surface area (Å²) in [5.74, 6) is -0.561. The van der Waals surface area contributed by atoms with Crippen molar-refractivity contribution in [2.24, 2.45) is 0 Å². The van der Waals surface area contributed by atoms with E-state index >= 15 is 0 Å². The largest absolute Gasteiger partial charge is 0.469 e. The Kier molecular flexibility index (Phi) is 7.28. The van der Waals surface area contributed by atoms with Gasteiger partial charge < -0.3 is 14.2 Å². The molecule has 0 unspecified atom stereocenters. The lowest BCUT2D eigenvalue weighted by atomic mass is 10.2. The maximum atomic E-state index is 12.8. The lowest BCUT2D eigenvalue weighted by Crippen LogP contribution is -2.34. The number of hydrogen-bond acceptors (Lipinski definition) is 4. The number of carbonyl (C=O) groups excluding carboxylic acids is 2. The molecule has 0 aliphatic heterocycles. The molecule has 0 spiro atoms. The summed E-state index contributed by atoms with van der Waals surface area (Å²) in [5.41, 5.74) is 0.432. The Balaban J connectivity index is 2.04. The van der Waals surface area contributed by atoms with E-state index in [2.05, 4.69) is 9.72 Å². The van der Waals surface area contributed by atoms with Crippen molar-refractivity contribution >= 4 is 35.1 Å². The molecule has 25 heavy (non-hydrogen) atoms. The summed E-state index contributed by atoms with van der Waals surface area (Å²) in [6, 6.07) is 4.74. The summed E-state index contributed by atoms with van der Waals surface area (Å²) in [6.07, 6.45) is 6.15. The predicted molar refractivity (Wildman–Crippen MR) is 95.8 cm³/mol. The molecule has 0 fully saturated rings. The summed E-state index contributed by atoms with van der Waals surface area (Å²) in [7, 11) is 1.33. The van der Waals surface area contributed by atoms with E-state index in [1.54, 1.807) is 29.6 Å². The number of aromatic nitrogens is 2. The molecule has 0 saturated carbocycles. The van der Waals surface area contributed by atoms with Crippen molar-refractivity contribution < 1.29 is 14.3 Å². The number of esters is 1. The minimum absolute atomic E-state index is 0.134. The van der Waals surface area contributed by atoms with Crippen LogP contribution in [0.1, 0.15) is 23.2 Å². The fourth-order valence-corrected chi connectivity index (χ4v) is 2.62. The zero-order chi connectivity index (χ0) is 18.2. The van der Waals surface area contributed by atoms with Gasteiger partial charge >= 0.3 is 5.97 Å². The first-order valence-electron chi connectivity index (χ1n) is 7.78. The van der Waals surface area contributed by atoms with Crippen LogP contribution in [-0.2, 0) is 16.1 Å². The molecule has 1 aromatic carbocycles. The van der Waals surface area contributed by atoms with Crippen LogP contribution in [0.3, 0.4) is 0 Å². The molecule has 1 amide bonds. The third-order valence-corrected chi connectivity index (χ3v) is 4.41. The summed E-state index contributed by atoms with van der Waals surface area (Å²) in [4.78, 5) is 29.8. The number of halogens is 2. The average Bonchev–Trinajstić information content (AvgIpc) is 3.12. The zero-order valence-electron chi connectivity index (χ0n) is 13.8. The Morgan fingerprint density at radius 3 is 2.68 bits per heavy atom. The second kappa shape index (κ2) is 9.44. The van der Waals surface area contributed by atoms with Gasteiger partial charge in [-0.3, -0.25) is 9.59 Å². The van der Waals surface area contributed by atoms with Crippen molar-refractivity contribution in [3.05, 3.63) is 52.5 Å². The maximum Gasteiger partial charge on any atom is 0.307 e. The Hall–Kier alpha value is -2.05. The highest BCUT2D eigenvalue weighted by Gasteiger charge is 2.18. The molecule has 0 saturated heterocycles. The standard InChI is InChI=1S/C17H19Cl2N3O3/c1-25-16(23)5-9-22(8-2-7-21-10-6-20-12-21)17(24)13-3-4-14(18)15(19)11-13/h3-4,6,10-12H,2,5,7-9H2,1H3. The third kappa shape index (κ3) is 5.76. The van der Waals surface area contributed by atoms with Gasteiger partial charge in [-0.1, -0.05) is 23.2 Å². The molecule has 8 heteroatoms. The number of rotatable bonds is 8. The predicted octanol–water partition coefficient (Wildman–Crippen LogP) is 3.29. The quantitative estimate of drug-likeness (QED) is 0.656. The van der Waals surface area contributed by atoms with Gasteiger partial charge in [0, 0.05) is 37.6 Å². The minimum atomic E-state index is -0.360. The van der Waals surface area contributed by atoms with Crippen LogP contribution in [0, 0.1) is 0 Å². The van der Waals surface area contributed by atoms with E-state index in [1.165, 1.54) is 13.2 Å². The Morgan fingerprint density at radius 2 is 2.04 bits per heavy atom. The highest BCUT2D eigenvalue weighted by Crippen LogP contribution is 2.23. The van der Waals surface area contributed by atoms with E-state index in [4.69, 9.17) is 23.2 Å². The lowest BCUT2D eigenvalue weighted by Gasteiger charge is -2.22. The SMILES string of the molecule is COC(=O)CCN(CCCn1ccnc1)C(=O)c1ccc(Cl)c(Cl)c1. The second-order valence-corrected chi connectivity index (χ2v) is 6.22. The number of nitrogens with zero attached hydrogens (tertiary/aromatic N) is 3. The smallest absolute Gasteiger partial charge is 0.307 e. The third-order valence-electron chi connectivity index (χ3n) is 3.67. The van der Waals surface area contributed by atoms with Crippen molar-refractivity contribution in [1.29, 1.82) is 0 Å². The van der Waals surface area contributed by atoms with Crippen LogP contribution in [0.2, 0.25) is 10.0 Å². The maximum absolute atomic E-state index is 12.8. The van der Waals surface area contributed by atoms with Crippen LogP contribution >= 0.6 is 23.2 Å². The van der Waals surface area contributed by atoms with Crippen molar-refractivity contribution in [2.75, 3.05) is 20.2 Å². The molecular weight excluding hydrogens is 365 g/mol. The molecule has 134 valence electrons. The first kappa shape index (κ1) is 19.3. The molecule has 0 aliphatic rings. The Labute approximate surface area is 156 Å². The van der Waals surface area contributed by atoms with E-state index in [-0.39, 0.29) is 24.8 Å². The molecule has 1 heterocycles. The van der Waals surface area contributed by atoms with Crippen LogP contribution in [0.4, 0.5) is 0 Å². The molecule has 0 aliphatic carbocycles. The molecule has 0 radical (unpaired) electrons. The molecule has 0 N–H and O–H groups in total. The minimum Gasteiger partial charge on any atom is -0.469 e. The summed E-state index contributed by atoms with van der Waals surface area (Å²) in [6.45, 7) is 1.49. The average molecular weight is 384 g/mol. The van der Waals surface area contributed by atoms with Crippen molar-refractivity contribution in [3.63, 3.8) is 0 Å². The number of amides is 1. The number of ether oxygens (including phenoxy) is 1. The van der Waals surface area contributed by atoms with E-state index in [1.807, 2.05) is 10.8 Å².